The van der Waals surface area contributed by atoms with Crippen molar-refractivity contribution in [3.05, 3.63) is 0 Å². The van der Waals surface area contributed by atoms with Crippen LogP contribution in [0.2, 0.25) is 0 Å². The molecule has 102 valence electrons. The zero-order chi connectivity index (χ0) is 13.1. The van der Waals surface area contributed by atoms with Crippen LogP contribution in [0.15, 0.2) is 0 Å². The first-order chi connectivity index (χ1) is 8.56. The molecule has 3 amide bonds. The molecule has 2 aliphatic rings. The van der Waals surface area contributed by atoms with E-state index in [4.69, 9.17) is 5.73 Å². The van der Waals surface area contributed by atoms with Gasteiger partial charge in [0.25, 0.3) is 0 Å². The highest BCUT2D eigenvalue weighted by molar-refractivity contribution is 5.81. The van der Waals surface area contributed by atoms with Gasteiger partial charge >= 0.3 is 6.03 Å². The van der Waals surface area contributed by atoms with Gasteiger partial charge in [0.1, 0.15) is 0 Å². The van der Waals surface area contributed by atoms with E-state index in [9.17, 15) is 9.59 Å². The summed E-state index contributed by atoms with van der Waals surface area (Å²) in [6, 6.07) is 0.169. The number of urea groups is 1. The number of amides is 3. The Morgan fingerprint density at radius 3 is 2.28 bits per heavy atom. The van der Waals surface area contributed by atoms with Crippen LogP contribution >= 0.6 is 0 Å². The topological polar surface area (TPSA) is 87.5 Å². The molecule has 1 aliphatic carbocycles. The van der Waals surface area contributed by atoms with Crippen LogP contribution in [0.3, 0.4) is 0 Å². The number of primary amides is 1. The Balaban J connectivity index is 1.69. The number of nitrogens with two attached hydrogens (primary N) is 1. The van der Waals surface area contributed by atoms with Gasteiger partial charge in [0.15, 0.2) is 0 Å². The minimum Gasteiger partial charge on any atom is -0.352 e. The van der Waals surface area contributed by atoms with Gasteiger partial charge in [0, 0.05) is 25.2 Å². The maximum absolute atomic E-state index is 11.8. The van der Waals surface area contributed by atoms with Crippen molar-refractivity contribution in [2.45, 2.75) is 50.7 Å². The molecule has 1 saturated heterocycles. The Bertz CT molecular complexity index is 322. The van der Waals surface area contributed by atoms with E-state index in [-0.39, 0.29) is 18.0 Å². The second kappa shape index (κ2) is 5.56. The summed E-state index contributed by atoms with van der Waals surface area (Å²) in [5.41, 5.74) is 5.23. The molecule has 0 spiro atoms. The summed E-state index contributed by atoms with van der Waals surface area (Å²) in [5.74, 6) is 0.0785. The van der Waals surface area contributed by atoms with Crippen LogP contribution < -0.4 is 16.4 Å². The molecule has 6 heteroatoms. The van der Waals surface area contributed by atoms with Crippen LogP contribution in [0.5, 0.6) is 0 Å². The number of carbonyl (C=O) groups is 2. The maximum Gasteiger partial charge on any atom is 0.314 e. The molecule has 0 aromatic carbocycles. The molecule has 0 radical (unpaired) electrons. The maximum atomic E-state index is 11.8. The zero-order valence-electron chi connectivity index (χ0n) is 10.8. The second-order valence-corrected chi connectivity index (χ2v) is 5.27. The van der Waals surface area contributed by atoms with Crippen LogP contribution in [0.1, 0.15) is 32.6 Å². The Morgan fingerprint density at radius 2 is 1.78 bits per heavy atom. The molecular weight excluding hydrogens is 232 g/mol. The average Bonchev–Trinajstić information content (AvgIpc) is 3.13. The van der Waals surface area contributed by atoms with E-state index in [2.05, 4.69) is 10.6 Å². The zero-order valence-corrected chi connectivity index (χ0v) is 10.8. The number of hydrogen-bond acceptors (Lipinski definition) is 3. The Hall–Kier alpha value is -1.30. The van der Waals surface area contributed by atoms with Gasteiger partial charge in [0.2, 0.25) is 5.91 Å². The highest BCUT2D eigenvalue weighted by Crippen LogP contribution is 2.18. The summed E-state index contributed by atoms with van der Waals surface area (Å²) in [6.45, 7) is 3.23. The number of rotatable bonds is 4. The normalized spacial score (nSPS) is 22.6. The molecule has 2 fully saturated rings. The molecule has 0 bridgehead atoms. The van der Waals surface area contributed by atoms with Gasteiger partial charge in [-0.25, -0.2) is 4.79 Å². The molecule has 6 nitrogen and oxygen atoms in total. The largest absolute Gasteiger partial charge is 0.352 e. The minimum atomic E-state index is -0.354. The monoisotopic (exact) mass is 254 g/mol. The first kappa shape index (κ1) is 13.1. The lowest BCUT2D eigenvalue weighted by Crippen LogP contribution is -2.52. The van der Waals surface area contributed by atoms with Gasteiger partial charge in [-0.1, -0.05) is 0 Å². The third-order valence-electron chi connectivity index (χ3n) is 3.61. The van der Waals surface area contributed by atoms with Crippen LogP contribution in [0, 0.1) is 0 Å². The average molecular weight is 254 g/mol. The third kappa shape index (κ3) is 3.60. The highest BCUT2D eigenvalue weighted by Gasteiger charge is 2.28. The van der Waals surface area contributed by atoms with Crippen molar-refractivity contribution in [3.8, 4) is 0 Å². The molecular formula is C12H22N4O2. The molecule has 0 aromatic rings. The summed E-state index contributed by atoms with van der Waals surface area (Å²) in [5, 5.41) is 6.30. The van der Waals surface area contributed by atoms with Gasteiger partial charge in [0.05, 0.1) is 6.04 Å². The number of piperidine rings is 1. The number of hydrogen-bond donors (Lipinski definition) is 3. The fourth-order valence-electron chi connectivity index (χ4n) is 2.25. The predicted molar refractivity (Wildman–Crippen MR) is 67.9 cm³/mol. The molecule has 1 saturated carbocycles. The van der Waals surface area contributed by atoms with Crippen molar-refractivity contribution >= 4 is 11.9 Å². The molecule has 4 N–H and O–H groups in total. The Labute approximate surface area is 107 Å². The van der Waals surface area contributed by atoms with E-state index < -0.39 is 0 Å². The first-order valence-electron chi connectivity index (χ1n) is 6.67. The van der Waals surface area contributed by atoms with Gasteiger partial charge in [-0.15, -0.1) is 0 Å². The van der Waals surface area contributed by atoms with Crippen molar-refractivity contribution in [3.63, 3.8) is 0 Å². The molecule has 18 heavy (non-hydrogen) atoms. The lowest BCUT2D eigenvalue weighted by molar-refractivity contribution is -0.123. The van der Waals surface area contributed by atoms with Gasteiger partial charge in [-0.3, -0.25) is 4.79 Å². The van der Waals surface area contributed by atoms with Crippen LogP contribution in [-0.2, 0) is 4.79 Å². The van der Waals surface area contributed by atoms with Crippen molar-refractivity contribution in [1.29, 1.82) is 0 Å². The predicted octanol–water partition coefficient (Wildman–Crippen LogP) is -0.214. The van der Waals surface area contributed by atoms with E-state index in [0.29, 0.717) is 25.2 Å². The SMILES string of the molecule is CC(NC1CCN(C(N)=O)CC1)C(=O)NC1CC1. The highest BCUT2D eigenvalue weighted by atomic mass is 16.2. The molecule has 1 heterocycles. The van der Waals surface area contributed by atoms with Crippen molar-refractivity contribution in [1.82, 2.24) is 15.5 Å². The summed E-state index contributed by atoms with van der Waals surface area (Å²) in [6.07, 6.45) is 3.92. The second-order valence-electron chi connectivity index (χ2n) is 5.27. The smallest absolute Gasteiger partial charge is 0.314 e. The van der Waals surface area contributed by atoms with Crippen LogP contribution in [0.4, 0.5) is 4.79 Å². The lowest BCUT2D eigenvalue weighted by atomic mass is 10.0. The standard InChI is InChI=1S/C12H22N4O2/c1-8(11(17)15-9-2-3-9)14-10-4-6-16(7-5-10)12(13)18/h8-10,14H,2-7H2,1H3,(H2,13,18)(H,15,17). The number of nitrogens with zero attached hydrogens (tertiary/aromatic N) is 1. The Morgan fingerprint density at radius 1 is 1.17 bits per heavy atom. The Kier molecular flexibility index (Phi) is 4.06. The van der Waals surface area contributed by atoms with E-state index in [1.807, 2.05) is 6.92 Å². The first-order valence-corrected chi connectivity index (χ1v) is 6.67. The van der Waals surface area contributed by atoms with E-state index in [1.54, 1.807) is 4.90 Å². The van der Waals surface area contributed by atoms with Crippen molar-refractivity contribution in [2.24, 2.45) is 5.73 Å². The third-order valence-corrected chi connectivity index (χ3v) is 3.61. The van der Waals surface area contributed by atoms with Gasteiger partial charge in [-0.05, 0) is 32.6 Å². The summed E-state index contributed by atoms with van der Waals surface area (Å²) in [4.78, 5) is 24.4. The number of carbonyl (C=O) groups excluding carboxylic acids is 2. The number of nitrogens with one attached hydrogen (secondary N) is 2. The van der Waals surface area contributed by atoms with Crippen LogP contribution in [0.25, 0.3) is 0 Å². The molecule has 0 aromatic heterocycles. The fraction of sp³-hybridized carbons (Fsp3) is 0.833. The van der Waals surface area contributed by atoms with Gasteiger partial charge < -0.3 is 21.3 Å². The van der Waals surface area contributed by atoms with Crippen molar-refractivity contribution < 1.29 is 9.59 Å². The van der Waals surface area contributed by atoms with Gasteiger partial charge in [-0.2, -0.15) is 0 Å². The van der Waals surface area contributed by atoms with Crippen molar-refractivity contribution in [2.75, 3.05) is 13.1 Å². The van der Waals surface area contributed by atoms with Crippen LogP contribution in [-0.4, -0.2) is 48.1 Å². The summed E-state index contributed by atoms with van der Waals surface area (Å²) >= 11 is 0. The summed E-state index contributed by atoms with van der Waals surface area (Å²) in [7, 11) is 0. The molecule has 1 unspecified atom stereocenters. The lowest BCUT2D eigenvalue weighted by Gasteiger charge is -2.32. The minimum absolute atomic E-state index is 0.0785. The number of likely N-dealkylation sites (tertiary alicyclic amines) is 1. The van der Waals surface area contributed by atoms with E-state index in [1.165, 1.54) is 0 Å². The quantitative estimate of drug-likeness (QED) is 0.648. The fourth-order valence-corrected chi connectivity index (χ4v) is 2.25. The van der Waals surface area contributed by atoms with E-state index >= 15 is 0 Å². The molecule has 2 rings (SSSR count). The molecule has 1 aliphatic heterocycles. The van der Waals surface area contributed by atoms with E-state index in [0.717, 1.165) is 25.7 Å². The summed E-state index contributed by atoms with van der Waals surface area (Å²) < 4.78 is 0. The molecule has 1 atom stereocenters.